The Balaban J connectivity index is 0. The number of carbonyl (C=O) groups excluding carboxylic acids is 2. The molecule has 0 spiro atoms. The van der Waals surface area contributed by atoms with Gasteiger partial charge in [0.25, 0.3) is 0 Å². The number of imidazole rings is 1. The smallest absolute Gasteiger partial charge is 0.441 e. The summed E-state index contributed by atoms with van der Waals surface area (Å²) in [6, 6.07) is 9.26. The molecule has 24 nitrogen and oxygen atoms in total. The van der Waals surface area contributed by atoms with Crippen molar-refractivity contribution in [1.29, 1.82) is 0 Å². The molecule has 2 heterocycles. The van der Waals surface area contributed by atoms with Crippen molar-refractivity contribution in [3.63, 3.8) is 0 Å². The van der Waals surface area contributed by atoms with Crippen molar-refractivity contribution >= 4 is 84.9 Å². The van der Waals surface area contributed by atoms with Crippen molar-refractivity contribution in [1.82, 2.24) is 25.2 Å². The van der Waals surface area contributed by atoms with Crippen LogP contribution >= 0.6 is 72.9 Å². The molecule has 2 amide bonds. The number of halogens is 5. The van der Waals surface area contributed by atoms with E-state index in [-0.39, 0.29) is 69.9 Å². The third kappa shape index (κ3) is 42.7. The number of pyridine rings is 1. The normalized spacial score (nSPS) is 11.9. The second-order valence-electron chi connectivity index (χ2n) is 18.1. The van der Waals surface area contributed by atoms with Crippen molar-refractivity contribution < 1.29 is 97.0 Å². The molecule has 0 aliphatic carbocycles. The molecule has 0 saturated carbocycles. The van der Waals surface area contributed by atoms with Gasteiger partial charge in [0.15, 0.2) is 6.61 Å². The summed E-state index contributed by atoms with van der Waals surface area (Å²) in [5.74, 6) is -1.30. The van der Waals surface area contributed by atoms with Crippen LogP contribution in [0.2, 0.25) is 10.0 Å². The minimum Gasteiger partial charge on any atom is -0.441 e. The molecule has 3 rings (SSSR count). The van der Waals surface area contributed by atoms with E-state index in [9.17, 15) is 45.6 Å². The first-order chi connectivity index (χ1) is 40.2. The van der Waals surface area contributed by atoms with Crippen LogP contribution in [0, 0.1) is 0 Å². The van der Waals surface area contributed by atoms with Gasteiger partial charge in [0.1, 0.15) is 10.9 Å². The fraction of sp³-hybridized carbons (Fsp3) is 0.686. The van der Waals surface area contributed by atoms with Crippen LogP contribution in [0.25, 0.3) is 0 Å². The van der Waals surface area contributed by atoms with Gasteiger partial charge < -0.3 is 72.4 Å². The molecule has 2 aromatic heterocycles. The number of carbonyl (C=O) groups is 2. The summed E-state index contributed by atoms with van der Waals surface area (Å²) >= 11 is 14.0. The van der Waals surface area contributed by atoms with Crippen LogP contribution in [0.4, 0.5) is 18.0 Å². The van der Waals surface area contributed by atoms with Crippen LogP contribution in [0.5, 0.6) is 0 Å². The van der Waals surface area contributed by atoms with Gasteiger partial charge in [-0.2, -0.15) is 13.2 Å². The van der Waals surface area contributed by atoms with Gasteiger partial charge in [-0.05, 0) is 122 Å². The Bertz CT molecular complexity index is 2520. The maximum atomic E-state index is 12.6. The SMILES string of the molecule is CCCCP(=O)(O)O.CCCCP(=O)(OCC)OCC.CCOP(=O)(CCCNC(=O)C(F)(F)F)OCC.CCOP(=O)(CCCNC(=O)OCc1nc(C(C)C)c(Sc2cc(Cl)cc(Cl)c2)n1Cc1ccncc1)OCC.NCCCP(=O)(O)O. The zero-order valence-electron chi connectivity index (χ0n) is 50.8. The second kappa shape index (κ2) is 46.8. The summed E-state index contributed by atoms with van der Waals surface area (Å²) < 4.78 is 130. The second-order valence-corrected chi connectivity index (χ2v) is 30.2. The average molecular weight is 1390 g/mol. The van der Waals surface area contributed by atoms with Crippen LogP contribution in [0.3, 0.4) is 0 Å². The minimum atomic E-state index is -4.90. The van der Waals surface area contributed by atoms with E-state index in [1.807, 2.05) is 49.6 Å². The first kappa shape index (κ1) is 85.8. The topological polar surface area (TPSA) is 346 Å². The molecule has 500 valence electrons. The van der Waals surface area contributed by atoms with E-state index in [0.717, 1.165) is 40.4 Å². The molecule has 86 heavy (non-hydrogen) atoms. The number of nitrogens with one attached hydrogen (secondary N) is 2. The summed E-state index contributed by atoms with van der Waals surface area (Å²) in [5.41, 5.74) is 6.89. The monoisotopic (exact) mass is 1390 g/mol. The first-order valence-electron chi connectivity index (χ1n) is 28.0. The number of nitrogens with two attached hydrogens (primary N) is 1. The Labute approximate surface area is 519 Å². The number of hydrogen-bond donors (Lipinski definition) is 7. The molecule has 0 aliphatic heterocycles. The zero-order valence-corrected chi connectivity index (χ0v) is 57.6. The Morgan fingerprint density at radius 1 is 0.651 bits per heavy atom. The number of alkyl carbamates (subject to hydrolysis) is 1. The zero-order chi connectivity index (χ0) is 66.0. The number of benzene rings is 1. The first-order valence-corrected chi connectivity index (χ1v) is 38.4. The average Bonchev–Trinajstić information content (AvgIpc) is 2.76. The van der Waals surface area contributed by atoms with Gasteiger partial charge in [-0.15, -0.1) is 0 Å². The Hall–Kier alpha value is -2.25. The Kier molecular flexibility index (Phi) is 46.7. The maximum absolute atomic E-state index is 12.6. The molecule has 0 radical (unpaired) electrons. The number of nitrogens with zero attached hydrogens (tertiary/aromatic N) is 3. The lowest BCUT2D eigenvalue weighted by molar-refractivity contribution is -0.173. The van der Waals surface area contributed by atoms with E-state index >= 15 is 0 Å². The van der Waals surface area contributed by atoms with Gasteiger partial charge in [-0.25, -0.2) is 9.78 Å². The molecule has 0 atom stereocenters. The lowest BCUT2D eigenvalue weighted by Crippen LogP contribution is -2.37. The fourth-order valence-electron chi connectivity index (χ4n) is 6.54. The van der Waals surface area contributed by atoms with E-state index < -0.39 is 56.2 Å². The predicted molar refractivity (Wildman–Crippen MR) is 331 cm³/mol. The highest BCUT2D eigenvalue weighted by Crippen LogP contribution is 2.50. The number of hydrogen-bond acceptors (Lipinski definition) is 18. The van der Waals surface area contributed by atoms with Gasteiger partial charge >= 0.3 is 56.2 Å². The van der Waals surface area contributed by atoms with Crippen molar-refractivity contribution in [2.45, 2.75) is 149 Å². The number of ether oxygens (including phenoxy) is 1. The molecular weight excluding hydrogens is 1300 g/mol. The minimum absolute atomic E-state index is 0.0312. The predicted octanol–water partition coefficient (Wildman–Crippen LogP) is 13.6. The van der Waals surface area contributed by atoms with Gasteiger partial charge in [0.2, 0.25) is 0 Å². The van der Waals surface area contributed by atoms with Gasteiger partial charge in [0.05, 0.1) is 76.5 Å². The van der Waals surface area contributed by atoms with Crippen LogP contribution in [-0.4, -0.2) is 142 Å². The van der Waals surface area contributed by atoms with E-state index in [2.05, 4.69) is 31.1 Å². The Morgan fingerprint density at radius 3 is 1.42 bits per heavy atom. The molecule has 0 aliphatic rings. The van der Waals surface area contributed by atoms with Gasteiger partial charge in [0, 0.05) is 46.6 Å². The van der Waals surface area contributed by atoms with Gasteiger partial charge in [-0.3, -0.25) is 32.6 Å². The number of rotatable bonds is 36. The summed E-state index contributed by atoms with van der Waals surface area (Å²) in [7, 11) is -16.6. The lowest BCUT2D eigenvalue weighted by atomic mass is 10.1. The van der Waals surface area contributed by atoms with Crippen LogP contribution in [0.1, 0.15) is 137 Å². The van der Waals surface area contributed by atoms with Crippen molar-refractivity contribution in [2.75, 3.05) is 90.1 Å². The van der Waals surface area contributed by atoms with Crippen LogP contribution < -0.4 is 16.4 Å². The van der Waals surface area contributed by atoms with E-state index in [0.29, 0.717) is 80.8 Å². The lowest BCUT2D eigenvalue weighted by Gasteiger charge is -2.17. The third-order valence-corrected chi connectivity index (χ3v) is 20.1. The molecule has 0 saturated heterocycles. The summed E-state index contributed by atoms with van der Waals surface area (Å²) in [6.07, 6.45) is 2.90. The number of unbranched alkanes of at least 4 members (excludes halogenated alkanes) is 2. The summed E-state index contributed by atoms with van der Waals surface area (Å²) in [5, 5.41) is 6.38. The van der Waals surface area contributed by atoms with Crippen molar-refractivity contribution in [3.8, 4) is 0 Å². The molecule has 8 N–H and O–H groups in total. The Morgan fingerprint density at radius 2 is 1.06 bits per heavy atom. The highest BCUT2D eigenvalue weighted by molar-refractivity contribution is 7.99. The van der Waals surface area contributed by atoms with Crippen LogP contribution in [-0.2, 0) is 72.7 Å². The molecule has 1 aromatic carbocycles. The largest absolute Gasteiger partial charge is 0.471 e. The maximum Gasteiger partial charge on any atom is 0.471 e. The molecule has 0 fully saturated rings. The molecular formula is C51H92Cl2F3N6O18P5S. The van der Waals surface area contributed by atoms with Crippen LogP contribution in [0.15, 0.2) is 52.6 Å². The quantitative estimate of drug-likeness (QED) is 0.0210. The van der Waals surface area contributed by atoms with Gasteiger partial charge in [-0.1, -0.05) is 75.5 Å². The standard InChI is InChI=1S/C27H35Cl2N4O5PS.C9H17F3NO4P.C8H19O3P.C4H11O3P.C3H10NO3P/c1-5-37-39(35,38-6-2)13-7-10-31-27(34)36-18-24-32-25(19(3)4)26(33(24)17-20-8-11-30-12-9-20)40-23-15-21(28)14-22(29)16-23;1-3-16-18(15,17-4-2)7-5-6-13-8(14)9(10,11)12;1-4-7-8-12(9,10-5-2)11-6-3;1-2-3-4-8(5,6)7;4-2-1-3-8(5,6)7/h8-9,11-12,14-16,19H,5-7,10,13,17-18H2,1-4H3,(H,31,34);3-7H2,1-2H3,(H,13,14);4-8H2,1-3H3;2-4H2,1H3,(H2,5,6,7);1-4H2,(H2,5,6,7). The number of alkyl halides is 3. The van der Waals surface area contributed by atoms with Crippen molar-refractivity contribution in [3.05, 3.63) is 69.9 Å². The highest BCUT2D eigenvalue weighted by atomic mass is 35.5. The molecule has 35 heteroatoms. The van der Waals surface area contributed by atoms with E-state index in [1.54, 1.807) is 51.5 Å². The van der Waals surface area contributed by atoms with E-state index in [1.165, 1.54) is 11.8 Å². The van der Waals surface area contributed by atoms with Crippen molar-refractivity contribution in [2.24, 2.45) is 5.73 Å². The van der Waals surface area contributed by atoms with E-state index in [4.69, 9.17) is 85.4 Å². The number of aromatic nitrogens is 3. The molecule has 0 bridgehead atoms. The highest BCUT2D eigenvalue weighted by Gasteiger charge is 2.38. The summed E-state index contributed by atoms with van der Waals surface area (Å²) in [4.78, 5) is 65.8. The molecule has 3 aromatic rings. The third-order valence-electron chi connectivity index (χ3n) is 10.3. The number of amides is 2. The fourth-order valence-corrected chi connectivity index (χ4v) is 14.9. The molecule has 0 unspecified atom stereocenters. The summed E-state index contributed by atoms with van der Waals surface area (Å²) in [6.45, 7) is 21.3.